The molecule has 0 bridgehead atoms. The van der Waals surface area contributed by atoms with Gasteiger partial charge in [-0.05, 0) is 55.3 Å². The van der Waals surface area contributed by atoms with Gasteiger partial charge < -0.3 is 14.2 Å². The number of carbonyl (C=O) groups is 1. The zero-order chi connectivity index (χ0) is 29.7. The molecule has 1 heterocycles. The Morgan fingerprint density at radius 1 is 1.12 bits per heavy atom. The van der Waals surface area contributed by atoms with Crippen molar-refractivity contribution in [2.24, 2.45) is 5.10 Å². The Kier molecular flexibility index (Phi) is 8.56. The van der Waals surface area contributed by atoms with Gasteiger partial charge in [0.25, 0.3) is 5.56 Å². The van der Waals surface area contributed by atoms with E-state index in [1.165, 1.54) is 39.5 Å². The minimum Gasteiger partial charge on any atom is -0.493 e. The lowest BCUT2D eigenvalue weighted by molar-refractivity contribution is -0.148. The molecule has 1 aromatic heterocycles. The summed E-state index contributed by atoms with van der Waals surface area (Å²) >= 11 is 0. The molecule has 1 atom stereocenters. The molecule has 3 aromatic carbocycles. The Morgan fingerprint density at radius 3 is 2.56 bits per heavy atom. The lowest BCUT2D eigenvalue weighted by Gasteiger charge is -2.19. The van der Waals surface area contributed by atoms with Gasteiger partial charge >= 0.3 is 12.1 Å². The van der Waals surface area contributed by atoms with Crippen LogP contribution in [0, 0.1) is 0 Å². The van der Waals surface area contributed by atoms with Crippen molar-refractivity contribution >= 4 is 23.1 Å². The highest BCUT2D eigenvalue weighted by Gasteiger charge is 2.31. The van der Waals surface area contributed by atoms with E-state index in [2.05, 4.69) is 16.7 Å². The number of hydrogen-bond acceptors (Lipinski definition) is 7. The number of benzene rings is 3. The number of fused-ring (bicyclic) bond motifs is 1. The highest BCUT2D eigenvalue weighted by molar-refractivity contribution is 5.83. The Balaban J connectivity index is 1.87. The zero-order valence-electron chi connectivity index (χ0n) is 22.4. The van der Waals surface area contributed by atoms with Crippen LogP contribution in [0.5, 0.6) is 11.5 Å². The topological polar surface area (TPSA) is 92.0 Å². The maximum Gasteiger partial charge on any atom is 0.416 e. The number of ether oxygens (including phenoxy) is 3. The predicted molar refractivity (Wildman–Crippen MR) is 148 cm³/mol. The maximum absolute atomic E-state index is 13.5. The van der Waals surface area contributed by atoms with Crippen LogP contribution in [0.2, 0.25) is 0 Å². The number of aromatic nitrogens is 2. The third-order valence-corrected chi connectivity index (χ3v) is 6.09. The molecule has 4 aromatic rings. The minimum absolute atomic E-state index is 0.0605. The van der Waals surface area contributed by atoms with Gasteiger partial charge in [0.05, 0.1) is 36.9 Å². The number of nitrogens with zero attached hydrogens (tertiary/aromatic N) is 3. The van der Waals surface area contributed by atoms with Gasteiger partial charge in [-0.2, -0.15) is 22.9 Å². The van der Waals surface area contributed by atoms with Crippen LogP contribution in [0.15, 0.2) is 83.2 Å². The number of rotatable bonds is 9. The van der Waals surface area contributed by atoms with Crippen LogP contribution >= 0.6 is 0 Å². The first kappa shape index (κ1) is 29.1. The van der Waals surface area contributed by atoms with Crippen molar-refractivity contribution in [1.82, 2.24) is 9.66 Å². The molecule has 212 valence electrons. The van der Waals surface area contributed by atoms with Gasteiger partial charge in [-0.25, -0.2) is 9.78 Å². The van der Waals surface area contributed by atoms with E-state index in [-0.39, 0.29) is 22.5 Å². The number of halogens is 3. The van der Waals surface area contributed by atoms with Gasteiger partial charge in [0.1, 0.15) is 0 Å². The molecule has 0 radical (unpaired) electrons. The second-order valence-corrected chi connectivity index (χ2v) is 8.88. The van der Waals surface area contributed by atoms with Gasteiger partial charge in [0.15, 0.2) is 23.4 Å². The largest absolute Gasteiger partial charge is 0.493 e. The molecule has 0 N–H and O–H groups in total. The molecule has 0 saturated heterocycles. The molecule has 0 saturated carbocycles. The fraction of sp³-hybridized carbons (Fsp3) is 0.200. The summed E-state index contributed by atoms with van der Waals surface area (Å²) in [6.45, 7) is 5.30. The number of carbonyl (C=O) groups excluding carboxylic acids is 1. The second kappa shape index (κ2) is 12.1. The summed E-state index contributed by atoms with van der Waals surface area (Å²) in [7, 11) is 2.67. The average molecular weight is 566 g/mol. The molecule has 0 amide bonds. The predicted octanol–water partition coefficient (Wildman–Crippen LogP) is 5.64. The fourth-order valence-electron chi connectivity index (χ4n) is 4.12. The monoisotopic (exact) mass is 565 g/mol. The molecule has 0 unspecified atom stereocenters. The molecule has 11 heteroatoms. The average Bonchev–Trinajstić information content (AvgIpc) is 2.96. The molecule has 41 heavy (non-hydrogen) atoms. The molecular formula is C30H26F3N3O5. The smallest absolute Gasteiger partial charge is 0.416 e. The first-order valence-corrected chi connectivity index (χ1v) is 12.4. The Morgan fingerprint density at radius 2 is 1.88 bits per heavy atom. The summed E-state index contributed by atoms with van der Waals surface area (Å²) in [5.74, 6) is -0.0611. The van der Waals surface area contributed by atoms with E-state index >= 15 is 0 Å². The number of para-hydroxylation sites is 1. The molecule has 8 nitrogen and oxygen atoms in total. The summed E-state index contributed by atoms with van der Waals surface area (Å²) in [4.78, 5) is 29.9. The summed E-state index contributed by atoms with van der Waals surface area (Å²) in [5, 5.41) is 4.58. The Labute approximate surface area is 233 Å². The highest BCUT2D eigenvalue weighted by Crippen LogP contribution is 2.35. The van der Waals surface area contributed by atoms with Crippen LogP contribution in [0.1, 0.15) is 23.6 Å². The second-order valence-electron chi connectivity index (χ2n) is 8.88. The van der Waals surface area contributed by atoms with E-state index in [4.69, 9.17) is 14.2 Å². The number of methoxy groups -OCH3 is 2. The minimum atomic E-state index is -4.59. The number of allylic oxidation sites excluding steroid dienone is 1. The molecule has 0 aliphatic carbocycles. The lowest BCUT2D eigenvalue weighted by atomic mass is 10.1. The Hall–Kier alpha value is -4.93. The van der Waals surface area contributed by atoms with Gasteiger partial charge in [-0.3, -0.25) is 4.79 Å². The van der Waals surface area contributed by atoms with Gasteiger partial charge in [-0.1, -0.05) is 30.3 Å². The first-order valence-electron chi connectivity index (χ1n) is 12.4. The van der Waals surface area contributed by atoms with Crippen molar-refractivity contribution in [3.05, 3.63) is 100 Å². The van der Waals surface area contributed by atoms with Crippen LogP contribution < -0.4 is 15.0 Å². The quantitative estimate of drug-likeness (QED) is 0.148. The molecule has 4 rings (SSSR count). The maximum atomic E-state index is 13.5. The number of alkyl halides is 3. The molecule has 0 fully saturated rings. The van der Waals surface area contributed by atoms with E-state index in [1.54, 1.807) is 42.5 Å². The van der Waals surface area contributed by atoms with E-state index in [1.807, 2.05) is 0 Å². The van der Waals surface area contributed by atoms with Crippen molar-refractivity contribution in [3.8, 4) is 22.9 Å². The van der Waals surface area contributed by atoms with Crippen molar-refractivity contribution in [2.75, 3.05) is 14.2 Å². The van der Waals surface area contributed by atoms with E-state index in [9.17, 15) is 22.8 Å². The van der Waals surface area contributed by atoms with Crippen LogP contribution in [0.4, 0.5) is 13.2 Å². The SMILES string of the molecule is C=CCc1cc(C=Nn2c(-c3cccc(C(F)(F)F)c3)nc3ccccc3c2=O)cc(OC)c1O[C@@H](C)C(=O)OC. The van der Waals surface area contributed by atoms with Crippen LogP contribution in [-0.4, -0.2) is 42.2 Å². The molecule has 0 aliphatic rings. The zero-order valence-corrected chi connectivity index (χ0v) is 22.4. The summed E-state index contributed by atoms with van der Waals surface area (Å²) in [6.07, 6.45) is -2.18. The van der Waals surface area contributed by atoms with Crippen molar-refractivity contribution in [2.45, 2.75) is 25.6 Å². The van der Waals surface area contributed by atoms with Crippen LogP contribution in [-0.2, 0) is 22.1 Å². The van der Waals surface area contributed by atoms with Gasteiger partial charge in [0.2, 0.25) is 0 Å². The van der Waals surface area contributed by atoms with Gasteiger partial charge in [-0.15, -0.1) is 6.58 Å². The first-order chi connectivity index (χ1) is 19.6. The van der Waals surface area contributed by atoms with E-state index < -0.39 is 29.4 Å². The summed E-state index contributed by atoms with van der Waals surface area (Å²) < 4.78 is 57.4. The van der Waals surface area contributed by atoms with E-state index in [0.717, 1.165) is 16.8 Å². The van der Waals surface area contributed by atoms with Crippen LogP contribution in [0.3, 0.4) is 0 Å². The fourth-order valence-corrected chi connectivity index (χ4v) is 4.12. The van der Waals surface area contributed by atoms with Crippen LogP contribution in [0.25, 0.3) is 22.3 Å². The third kappa shape index (κ3) is 6.29. The molecule has 0 spiro atoms. The number of esters is 1. The molecule has 0 aliphatic heterocycles. The highest BCUT2D eigenvalue weighted by atomic mass is 19.4. The summed E-state index contributed by atoms with van der Waals surface area (Å²) in [6, 6.07) is 14.3. The third-order valence-electron chi connectivity index (χ3n) is 6.09. The van der Waals surface area contributed by atoms with Crippen molar-refractivity contribution in [3.63, 3.8) is 0 Å². The van der Waals surface area contributed by atoms with Crippen molar-refractivity contribution in [1.29, 1.82) is 0 Å². The Bertz CT molecular complexity index is 1700. The standard InChI is InChI=1S/C30H26F3N3O5/c1-5-9-20-14-19(15-25(39-3)26(20)41-18(2)29(38)40-4)17-34-36-27(21-10-8-11-22(16-21)30(31,32)33)35-24-13-7-6-12-23(24)28(36)37/h5-8,10-18H,1,9H2,2-4H3/t18-/m0/s1. The molecular weight excluding hydrogens is 539 g/mol. The summed E-state index contributed by atoms with van der Waals surface area (Å²) in [5.41, 5.74) is 0.0104. The van der Waals surface area contributed by atoms with Gasteiger partial charge in [0, 0.05) is 11.1 Å². The van der Waals surface area contributed by atoms with E-state index in [0.29, 0.717) is 28.8 Å². The number of hydrogen-bond donors (Lipinski definition) is 0. The lowest BCUT2D eigenvalue weighted by Crippen LogP contribution is -2.25. The van der Waals surface area contributed by atoms with Crippen molar-refractivity contribution < 1.29 is 32.2 Å². The normalized spacial score (nSPS) is 12.3.